The molecule has 0 bridgehead atoms. The number of rotatable bonds is 5. The Kier molecular flexibility index (Phi) is 4.36. The molecule has 0 heterocycles. The molecule has 4 N–H and O–H groups in total. The molecule has 104 valence electrons. The Morgan fingerprint density at radius 3 is 2.26 bits per heavy atom. The average molecular weight is 276 g/mol. The van der Waals surface area contributed by atoms with Crippen LogP contribution < -0.4 is 16.2 Å². The van der Waals surface area contributed by atoms with Crippen molar-refractivity contribution in [1.82, 2.24) is 0 Å². The highest BCUT2D eigenvalue weighted by molar-refractivity contribution is 5.99. The van der Waals surface area contributed by atoms with E-state index in [1.165, 1.54) is 12.1 Å². The predicted octanol–water partition coefficient (Wildman–Crippen LogP) is 0.714. The third-order valence-corrected chi connectivity index (χ3v) is 2.26. The van der Waals surface area contributed by atoms with E-state index in [9.17, 15) is 22.8 Å². The first-order chi connectivity index (χ1) is 8.69. The molecule has 2 amide bonds. The topological polar surface area (TPSA) is 95.4 Å². The molecule has 19 heavy (non-hydrogen) atoms. The number of carbonyl (C=O) groups excluding carboxylic acids is 2. The van der Waals surface area contributed by atoms with Gasteiger partial charge in [-0.25, -0.2) is 0 Å². The van der Waals surface area contributed by atoms with E-state index < -0.39 is 29.8 Å². The van der Waals surface area contributed by atoms with Crippen LogP contribution in [0.15, 0.2) is 24.3 Å². The van der Waals surface area contributed by atoms with E-state index in [4.69, 9.17) is 11.5 Å². The summed E-state index contributed by atoms with van der Waals surface area (Å²) in [7, 11) is 0. The van der Waals surface area contributed by atoms with Crippen LogP contribution >= 0.6 is 0 Å². The lowest BCUT2D eigenvalue weighted by Gasteiger charge is -2.12. The van der Waals surface area contributed by atoms with Crippen LogP contribution in [0, 0.1) is 5.92 Å². The highest BCUT2D eigenvalue weighted by atomic mass is 19.4. The number of nitrogens with two attached hydrogens (primary N) is 2. The van der Waals surface area contributed by atoms with Gasteiger partial charge in [0.2, 0.25) is 11.8 Å². The van der Waals surface area contributed by atoms with Crippen LogP contribution in [-0.2, 0) is 16.0 Å². The number of hydrogen-bond acceptors (Lipinski definition) is 3. The van der Waals surface area contributed by atoms with Gasteiger partial charge >= 0.3 is 6.36 Å². The first kappa shape index (κ1) is 14.8. The first-order valence-corrected chi connectivity index (χ1v) is 5.12. The van der Waals surface area contributed by atoms with Crippen molar-refractivity contribution in [2.75, 3.05) is 0 Å². The lowest BCUT2D eigenvalue weighted by atomic mass is 9.98. The molecule has 0 aliphatic heterocycles. The molecule has 1 rings (SSSR count). The molecular weight excluding hydrogens is 265 g/mol. The van der Waals surface area contributed by atoms with Crippen molar-refractivity contribution >= 4 is 11.8 Å². The third kappa shape index (κ3) is 4.86. The number of benzene rings is 1. The monoisotopic (exact) mass is 276 g/mol. The zero-order valence-electron chi connectivity index (χ0n) is 9.61. The molecule has 1 aromatic rings. The van der Waals surface area contributed by atoms with E-state index in [1.54, 1.807) is 0 Å². The fraction of sp³-hybridized carbons (Fsp3) is 0.273. The number of hydrogen-bond donors (Lipinski definition) is 2. The molecule has 0 aromatic heterocycles. The van der Waals surface area contributed by atoms with Gasteiger partial charge in [0.15, 0.2) is 0 Å². The maximum absolute atomic E-state index is 12.0. The summed E-state index contributed by atoms with van der Waals surface area (Å²) in [5, 5.41) is 0. The summed E-state index contributed by atoms with van der Waals surface area (Å²) in [5.74, 6) is -3.59. The molecule has 0 unspecified atom stereocenters. The molecule has 0 spiro atoms. The number of carbonyl (C=O) groups is 2. The van der Waals surface area contributed by atoms with Gasteiger partial charge in [0.05, 0.1) is 0 Å². The second kappa shape index (κ2) is 5.59. The molecule has 1 aromatic carbocycles. The smallest absolute Gasteiger partial charge is 0.406 e. The Balaban J connectivity index is 2.87. The predicted molar refractivity (Wildman–Crippen MR) is 58.7 cm³/mol. The van der Waals surface area contributed by atoms with Gasteiger partial charge in [-0.3, -0.25) is 9.59 Å². The van der Waals surface area contributed by atoms with Gasteiger partial charge in [-0.2, -0.15) is 0 Å². The quantitative estimate of drug-likeness (QED) is 0.775. The van der Waals surface area contributed by atoms with Gasteiger partial charge in [0.25, 0.3) is 0 Å². The highest BCUT2D eigenvalue weighted by Gasteiger charge is 2.31. The molecule has 8 heteroatoms. The molecule has 0 saturated carbocycles. The van der Waals surface area contributed by atoms with E-state index in [1.807, 2.05) is 0 Å². The summed E-state index contributed by atoms with van der Waals surface area (Å²) in [5.41, 5.74) is 10.2. The van der Waals surface area contributed by atoms with Crippen molar-refractivity contribution in [3.8, 4) is 5.75 Å². The Morgan fingerprint density at radius 1 is 1.21 bits per heavy atom. The zero-order chi connectivity index (χ0) is 14.6. The van der Waals surface area contributed by atoms with Crippen molar-refractivity contribution in [2.24, 2.45) is 17.4 Å². The van der Waals surface area contributed by atoms with Gasteiger partial charge in [0.1, 0.15) is 11.7 Å². The lowest BCUT2D eigenvalue weighted by Crippen LogP contribution is -2.36. The van der Waals surface area contributed by atoms with E-state index >= 15 is 0 Å². The van der Waals surface area contributed by atoms with Gasteiger partial charge in [-0.1, -0.05) is 12.1 Å². The Labute approximate surface area is 106 Å². The summed E-state index contributed by atoms with van der Waals surface area (Å²) in [6, 6.07) is 4.89. The standard InChI is InChI=1S/C11H11F3N2O3/c12-11(13,14)19-7-3-1-2-6(4-7)5-8(9(15)17)10(16)18/h1-4,8H,5H2,(H2,15,17)(H2,16,18). The molecule has 0 radical (unpaired) electrons. The Bertz CT molecular complexity index is 474. The van der Waals surface area contributed by atoms with Crippen LogP contribution in [0.1, 0.15) is 5.56 Å². The normalized spacial score (nSPS) is 11.4. The van der Waals surface area contributed by atoms with Crippen LogP contribution in [0.5, 0.6) is 5.75 Å². The van der Waals surface area contributed by atoms with Gasteiger partial charge in [-0.15, -0.1) is 13.2 Å². The SMILES string of the molecule is NC(=O)C(Cc1cccc(OC(F)(F)F)c1)C(N)=O. The molecule has 5 nitrogen and oxygen atoms in total. The molecule has 0 aliphatic rings. The average Bonchev–Trinajstić information content (AvgIpc) is 2.23. The largest absolute Gasteiger partial charge is 0.573 e. The number of primary amides is 2. The first-order valence-electron chi connectivity index (χ1n) is 5.12. The Hall–Kier alpha value is -2.25. The summed E-state index contributed by atoms with van der Waals surface area (Å²) >= 11 is 0. The maximum Gasteiger partial charge on any atom is 0.573 e. The molecule has 0 atom stereocenters. The number of amides is 2. The number of halogens is 3. The minimum atomic E-state index is -4.81. The highest BCUT2D eigenvalue weighted by Crippen LogP contribution is 2.24. The van der Waals surface area contributed by atoms with Crippen molar-refractivity contribution in [3.05, 3.63) is 29.8 Å². The van der Waals surface area contributed by atoms with E-state index in [0.29, 0.717) is 0 Å². The third-order valence-electron chi connectivity index (χ3n) is 2.26. The van der Waals surface area contributed by atoms with Crippen LogP contribution in [0.4, 0.5) is 13.2 Å². The van der Waals surface area contributed by atoms with Crippen molar-refractivity contribution in [2.45, 2.75) is 12.8 Å². The summed E-state index contributed by atoms with van der Waals surface area (Å²) < 4.78 is 39.8. The lowest BCUT2D eigenvalue weighted by molar-refractivity contribution is -0.274. The van der Waals surface area contributed by atoms with Crippen LogP contribution in [0.2, 0.25) is 0 Å². The fourth-order valence-corrected chi connectivity index (χ4v) is 1.45. The van der Waals surface area contributed by atoms with E-state index in [2.05, 4.69) is 4.74 Å². The van der Waals surface area contributed by atoms with Crippen molar-refractivity contribution in [1.29, 1.82) is 0 Å². The van der Waals surface area contributed by atoms with Gasteiger partial charge < -0.3 is 16.2 Å². The van der Waals surface area contributed by atoms with Crippen LogP contribution in [0.25, 0.3) is 0 Å². The van der Waals surface area contributed by atoms with Gasteiger partial charge in [0, 0.05) is 0 Å². The summed E-state index contributed by atoms with van der Waals surface area (Å²) in [6.45, 7) is 0. The molecule has 0 aliphatic carbocycles. The van der Waals surface area contributed by atoms with Crippen LogP contribution in [0.3, 0.4) is 0 Å². The second-order valence-corrected chi connectivity index (χ2v) is 3.76. The van der Waals surface area contributed by atoms with Gasteiger partial charge in [-0.05, 0) is 24.1 Å². The van der Waals surface area contributed by atoms with Crippen LogP contribution in [-0.4, -0.2) is 18.2 Å². The minimum Gasteiger partial charge on any atom is -0.406 e. The minimum absolute atomic E-state index is 0.181. The number of ether oxygens (including phenoxy) is 1. The Morgan fingerprint density at radius 2 is 1.79 bits per heavy atom. The van der Waals surface area contributed by atoms with E-state index in [0.717, 1.165) is 12.1 Å². The van der Waals surface area contributed by atoms with Crippen molar-refractivity contribution in [3.63, 3.8) is 0 Å². The summed E-state index contributed by atoms with van der Waals surface area (Å²) in [4.78, 5) is 21.9. The zero-order valence-corrected chi connectivity index (χ0v) is 9.61. The van der Waals surface area contributed by atoms with E-state index in [-0.39, 0.29) is 12.0 Å². The molecular formula is C11H11F3N2O3. The fourth-order valence-electron chi connectivity index (χ4n) is 1.45. The molecule has 0 saturated heterocycles. The maximum atomic E-state index is 12.0. The molecule has 0 fully saturated rings. The number of alkyl halides is 3. The second-order valence-electron chi connectivity index (χ2n) is 3.76. The summed E-state index contributed by atoms with van der Waals surface area (Å²) in [6.07, 6.45) is -4.99. The van der Waals surface area contributed by atoms with Crippen molar-refractivity contribution < 1.29 is 27.5 Å².